The lowest BCUT2D eigenvalue weighted by Crippen LogP contribution is -2.37. The molecule has 3 N–H and O–H groups in total. The van der Waals surface area contributed by atoms with Crippen molar-refractivity contribution in [1.29, 1.82) is 5.26 Å². The molecule has 24 heavy (non-hydrogen) atoms. The molecule has 2 aromatic carbocycles. The molecule has 0 radical (unpaired) electrons. The number of aliphatic hydroxyl groups excluding tert-OH is 1. The summed E-state index contributed by atoms with van der Waals surface area (Å²) in [4.78, 5) is 12.1. The van der Waals surface area contributed by atoms with Crippen LogP contribution in [0.5, 0.6) is 0 Å². The van der Waals surface area contributed by atoms with Gasteiger partial charge in [0.2, 0.25) is 0 Å². The van der Waals surface area contributed by atoms with Crippen molar-refractivity contribution in [2.45, 2.75) is 25.4 Å². The number of carbonyl (C=O) groups excluding carboxylic acids is 1. The van der Waals surface area contributed by atoms with Gasteiger partial charge in [-0.2, -0.15) is 5.26 Å². The van der Waals surface area contributed by atoms with E-state index in [1.165, 1.54) is 0 Å². The van der Waals surface area contributed by atoms with Crippen LogP contribution in [0.4, 0.5) is 4.79 Å². The summed E-state index contributed by atoms with van der Waals surface area (Å²) in [6.07, 6.45) is 1.29. The fourth-order valence-corrected chi connectivity index (χ4v) is 2.39. The highest BCUT2D eigenvalue weighted by Gasteiger charge is 2.13. The van der Waals surface area contributed by atoms with Crippen LogP contribution in [0.25, 0.3) is 0 Å². The van der Waals surface area contributed by atoms with E-state index >= 15 is 0 Å². The van der Waals surface area contributed by atoms with E-state index < -0.39 is 0 Å². The van der Waals surface area contributed by atoms with Crippen molar-refractivity contribution >= 4 is 6.03 Å². The van der Waals surface area contributed by atoms with E-state index in [2.05, 4.69) is 16.7 Å². The second kappa shape index (κ2) is 9.33. The van der Waals surface area contributed by atoms with Gasteiger partial charge in [0.1, 0.15) is 0 Å². The SMILES string of the molecule is N#Cc1ccc(CNC(=O)NC(CCCO)c2ccccc2)cc1. The summed E-state index contributed by atoms with van der Waals surface area (Å²) in [6, 6.07) is 18.5. The summed E-state index contributed by atoms with van der Waals surface area (Å²) < 4.78 is 0. The molecule has 0 aliphatic rings. The number of hydrogen-bond donors (Lipinski definition) is 3. The predicted molar refractivity (Wildman–Crippen MR) is 92.0 cm³/mol. The highest BCUT2D eigenvalue weighted by molar-refractivity contribution is 5.74. The van der Waals surface area contributed by atoms with Gasteiger partial charge in [-0.05, 0) is 36.1 Å². The summed E-state index contributed by atoms with van der Waals surface area (Å²) in [5, 5.41) is 23.6. The molecule has 0 saturated heterocycles. The number of carbonyl (C=O) groups is 1. The number of benzene rings is 2. The molecule has 124 valence electrons. The molecule has 5 nitrogen and oxygen atoms in total. The Labute approximate surface area is 141 Å². The number of rotatable bonds is 7. The highest BCUT2D eigenvalue weighted by atomic mass is 16.3. The number of nitriles is 1. The van der Waals surface area contributed by atoms with Crippen LogP contribution in [-0.2, 0) is 6.54 Å². The van der Waals surface area contributed by atoms with Crippen LogP contribution in [0.3, 0.4) is 0 Å². The Hall–Kier alpha value is -2.84. The Balaban J connectivity index is 1.91. The minimum absolute atomic E-state index is 0.0951. The van der Waals surface area contributed by atoms with Crippen LogP contribution in [0, 0.1) is 11.3 Å². The molecule has 1 atom stereocenters. The van der Waals surface area contributed by atoms with E-state index in [9.17, 15) is 4.79 Å². The van der Waals surface area contributed by atoms with Crippen molar-refractivity contribution in [1.82, 2.24) is 10.6 Å². The van der Waals surface area contributed by atoms with Crippen LogP contribution in [0.2, 0.25) is 0 Å². The van der Waals surface area contributed by atoms with E-state index in [1.807, 2.05) is 42.5 Å². The Kier molecular flexibility index (Phi) is 6.81. The molecule has 0 heterocycles. The van der Waals surface area contributed by atoms with Crippen molar-refractivity contribution in [3.8, 4) is 6.07 Å². The van der Waals surface area contributed by atoms with Crippen molar-refractivity contribution in [3.05, 3.63) is 71.3 Å². The number of amides is 2. The van der Waals surface area contributed by atoms with Gasteiger partial charge in [0.05, 0.1) is 17.7 Å². The molecule has 5 heteroatoms. The minimum Gasteiger partial charge on any atom is -0.396 e. The van der Waals surface area contributed by atoms with E-state index in [0.717, 1.165) is 11.1 Å². The summed E-state index contributed by atoms with van der Waals surface area (Å²) in [6.45, 7) is 0.483. The first-order valence-corrected chi connectivity index (χ1v) is 7.92. The lowest BCUT2D eigenvalue weighted by atomic mass is 10.0. The van der Waals surface area contributed by atoms with Crippen LogP contribution >= 0.6 is 0 Å². The molecule has 0 bridgehead atoms. The van der Waals surface area contributed by atoms with E-state index in [1.54, 1.807) is 12.1 Å². The quantitative estimate of drug-likeness (QED) is 0.732. The van der Waals surface area contributed by atoms with Gasteiger partial charge in [-0.25, -0.2) is 4.79 Å². The van der Waals surface area contributed by atoms with Gasteiger partial charge >= 0.3 is 6.03 Å². The second-order valence-electron chi connectivity index (χ2n) is 5.46. The third-order valence-corrected chi connectivity index (χ3v) is 3.69. The van der Waals surface area contributed by atoms with E-state index in [-0.39, 0.29) is 18.7 Å². The average Bonchev–Trinajstić information content (AvgIpc) is 2.64. The standard InChI is InChI=1S/C19H21N3O2/c20-13-15-8-10-16(11-9-15)14-21-19(24)22-18(7-4-12-23)17-5-2-1-3-6-17/h1-3,5-6,8-11,18,23H,4,7,12,14H2,(H2,21,22,24). The zero-order valence-electron chi connectivity index (χ0n) is 13.4. The van der Waals surface area contributed by atoms with Crippen molar-refractivity contribution in [2.75, 3.05) is 6.61 Å². The molecule has 2 rings (SSSR count). The van der Waals surface area contributed by atoms with E-state index in [0.29, 0.717) is 24.9 Å². The molecule has 0 saturated carbocycles. The zero-order chi connectivity index (χ0) is 17.2. The number of hydrogen-bond acceptors (Lipinski definition) is 3. The zero-order valence-corrected chi connectivity index (χ0v) is 13.4. The Bertz CT molecular complexity index is 678. The first kappa shape index (κ1) is 17.5. The number of nitrogens with zero attached hydrogens (tertiary/aromatic N) is 1. The Morgan fingerprint density at radius 1 is 1.12 bits per heavy atom. The minimum atomic E-state index is -0.258. The maximum atomic E-state index is 12.1. The maximum absolute atomic E-state index is 12.1. The molecular formula is C19H21N3O2. The lowest BCUT2D eigenvalue weighted by molar-refractivity contribution is 0.232. The molecule has 2 amide bonds. The molecule has 0 spiro atoms. The van der Waals surface area contributed by atoms with Gasteiger partial charge in [-0.3, -0.25) is 0 Å². The fraction of sp³-hybridized carbons (Fsp3) is 0.263. The Morgan fingerprint density at radius 3 is 2.46 bits per heavy atom. The van der Waals surface area contributed by atoms with Crippen molar-refractivity contribution < 1.29 is 9.90 Å². The molecule has 0 aromatic heterocycles. The Morgan fingerprint density at radius 2 is 1.83 bits per heavy atom. The number of aliphatic hydroxyl groups is 1. The van der Waals surface area contributed by atoms with Gasteiger partial charge in [0.15, 0.2) is 0 Å². The van der Waals surface area contributed by atoms with Crippen LogP contribution in [-0.4, -0.2) is 17.7 Å². The van der Waals surface area contributed by atoms with Gasteiger partial charge < -0.3 is 15.7 Å². The fourth-order valence-electron chi connectivity index (χ4n) is 2.39. The third-order valence-electron chi connectivity index (χ3n) is 3.69. The van der Waals surface area contributed by atoms with Gasteiger partial charge in [-0.15, -0.1) is 0 Å². The number of urea groups is 1. The molecule has 0 fully saturated rings. The van der Waals surface area contributed by atoms with Crippen molar-refractivity contribution in [3.63, 3.8) is 0 Å². The molecule has 2 aromatic rings. The largest absolute Gasteiger partial charge is 0.396 e. The van der Waals surface area contributed by atoms with E-state index in [4.69, 9.17) is 10.4 Å². The highest BCUT2D eigenvalue weighted by Crippen LogP contribution is 2.17. The normalized spacial score (nSPS) is 11.3. The lowest BCUT2D eigenvalue weighted by Gasteiger charge is -2.19. The monoisotopic (exact) mass is 323 g/mol. The number of nitrogens with one attached hydrogen (secondary N) is 2. The van der Waals surface area contributed by atoms with Crippen molar-refractivity contribution in [2.24, 2.45) is 0 Å². The predicted octanol–water partition coefficient (Wildman–Crippen LogP) is 2.87. The van der Waals surface area contributed by atoms with Gasteiger partial charge in [-0.1, -0.05) is 42.5 Å². The van der Waals surface area contributed by atoms with Crippen LogP contribution < -0.4 is 10.6 Å². The maximum Gasteiger partial charge on any atom is 0.315 e. The van der Waals surface area contributed by atoms with Gasteiger partial charge in [0, 0.05) is 13.2 Å². The first-order chi connectivity index (χ1) is 11.7. The average molecular weight is 323 g/mol. The molecular weight excluding hydrogens is 302 g/mol. The molecule has 1 unspecified atom stereocenters. The topological polar surface area (TPSA) is 85.2 Å². The van der Waals surface area contributed by atoms with Crippen LogP contribution in [0.15, 0.2) is 54.6 Å². The summed E-state index contributed by atoms with van der Waals surface area (Å²) in [7, 11) is 0. The molecule has 0 aliphatic carbocycles. The van der Waals surface area contributed by atoms with Gasteiger partial charge in [0.25, 0.3) is 0 Å². The first-order valence-electron chi connectivity index (χ1n) is 7.92. The summed E-state index contributed by atoms with van der Waals surface area (Å²) >= 11 is 0. The molecule has 0 aliphatic heterocycles. The van der Waals surface area contributed by atoms with Crippen LogP contribution in [0.1, 0.15) is 35.6 Å². The summed E-state index contributed by atoms with van der Waals surface area (Å²) in [5.41, 5.74) is 2.53. The summed E-state index contributed by atoms with van der Waals surface area (Å²) in [5.74, 6) is 0. The smallest absolute Gasteiger partial charge is 0.315 e. The third kappa shape index (κ3) is 5.41. The second-order valence-corrected chi connectivity index (χ2v) is 5.46.